The number of amides is 1. The highest BCUT2D eigenvalue weighted by molar-refractivity contribution is 5.89. The maximum Gasteiger partial charge on any atom is 0.233 e. The molecule has 0 bridgehead atoms. The van der Waals surface area contributed by atoms with E-state index in [1.807, 2.05) is 0 Å². The predicted molar refractivity (Wildman–Crippen MR) is 86.8 cm³/mol. The smallest absolute Gasteiger partial charge is 0.233 e. The van der Waals surface area contributed by atoms with E-state index in [1.54, 1.807) is 4.90 Å². The van der Waals surface area contributed by atoms with Crippen LogP contribution in [0.5, 0.6) is 0 Å². The van der Waals surface area contributed by atoms with Gasteiger partial charge >= 0.3 is 0 Å². The summed E-state index contributed by atoms with van der Waals surface area (Å²) in [7, 11) is 0. The minimum atomic E-state index is -0.867. The van der Waals surface area contributed by atoms with Crippen molar-refractivity contribution >= 4 is 5.91 Å². The molecule has 1 aliphatic carbocycles. The van der Waals surface area contributed by atoms with Gasteiger partial charge in [-0.05, 0) is 25.3 Å². The van der Waals surface area contributed by atoms with Gasteiger partial charge < -0.3 is 4.90 Å². The molecule has 1 amide bonds. The third kappa shape index (κ3) is 2.71. The number of benzene rings is 1. The lowest BCUT2D eigenvalue weighted by Gasteiger charge is -2.33. The molecule has 2 heterocycles. The second kappa shape index (κ2) is 6.20. The van der Waals surface area contributed by atoms with Gasteiger partial charge in [0.05, 0.1) is 5.41 Å². The summed E-state index contributed by atoms with van der Waals surface area (Å²) >= 11 is 0. The molecule has 0 unspecified atom stereocenters. The van der Waals surface area contributed by atoms with Crippen molar-refractivity contribution in [1.82, 2.24) is 20.1 Å². The van der Waals surface area contributed by atoms with Gasteiger partial charge in [-0.15, -0.1) is 0 Å². The summed E-state index contributed by atoms with van der Waals surface area (Å²) in [5.74, 6) is -0.376. The van der Waals surface area contributed by atoms with Crippen LogP contribution in [0.3, 0.4) is 0 Å². The quantitative estimate of drug-likeness (QED) is 0.929. The van der Waals surface area contributed by atoms with Gasteiger partial charge in [0.15, 0.2) is 0 Å². The Morgan fingerprint density at radius 2 is 2.08 bits per heavy atom. The Kier molecular flexibility index (Phi) is 4.01. The Hall–Kier alpha value is -2.31. The van der Waals surface area contributed by atoms with Gasteiger partial charge in [0.2, 0.25) is 5.91 Å². The van der Waals surface area contributed by atoms with Gasteiger partial charge in [0.1, 0.15) is 23.8 Å². The first-order chi connectivity index (χ1) is 12.1. The lowest BCUT2D eigenvalue weighted by Crippen LogP contribution is -2.45. The van der Waals surface area contributed by atoms with Gasteiger partial charge in [-0.2, -0.15) is 5.10 Å². The first kappa shape index (κ1) is 16.2. The van der Waals surface area contributed by atoms with Crippen molar-refractivity contribution in [3.63, 3.8) is 0 Å². The van der Waals surface area contributed by atoms with E-state index >= 15 is 0 Å². The predicted octanol–water partition coefficient (Wildman–Crippen LogP) is 2.91. The lowest BCUT2D eigenvalue weighted by molar-refractivity contribution is -0.136. The number of nitrogens with zero attached hydrogens (tertiary/aromatic N) is 3. The third-order valence-electron chi connectivity index (χ3n) is 5.61. The molecule has 0 radical (unpaired) electrons. The fraction of sp³-hybridized carbons (Fsp3) is 0.500. The molecule has 0 spiro atoms. The summed E-state index contributed by atoms with van der Waals surface area (Å²) in [4.78, 5) is 19.3. The van der Waals surface area contributed by atoms with Crippen LogP contribution in [-0.4, -0.2) is 39.1 Å². The minimum Gasteiger partial charge on any atom is -0.341 e. The third-order valence-corrected chi connectivity index (χ3v) is 5.61. The van der Waals surface area contributed by atoms with E-state index in [4.69, 9.17) is 0 Å². The normalized spacial score (nSPS) is 22.5. The summed E-state index contributed by atoms with van der Waals surface area (Å²) in [5.41, 5.74) is -0.534. The van der Waals surface area contributed by atoms with Crippen LogP contribution in [0.15, 0.2) is 24.5 Å². The molecule has 5 nitrogen and oxygen atoms in total. The summed E-state index contributed by atoms with van der Waals surface area (Å²) in [6.45, 7) is 1.17. The number of carbonyl (C=O) groups excluding carboxylic acids is 1. The number of rotatable bonds is 3. The standard InChI is InChI=1S/C18H20F2N4O/c19-13-3-4-14(15(20)9-13)18(6-1-2-7-18)17(25)24-8-5-12(10-24)16-21-11-22-23-16/h3-4,9,11-12H,1-2,5-8,10H2,(H,21,22,23)/t12-/m0/s1. The summed E-state index contributed by atoms with van der Waals surface area (Å²) in [6.07, 6.45) is 5.24. The molecule has 1 N–H and O–H groups in total. The monoisotopic (exact) mass is 346 g/mol. The summed E-state index contributed by atoms with van der Waals surface area (Å²) in [5, 5.41) is 6.73. The largest absolute Gasteiger partial charge is 0.341 e. The maximum atomic E-state index is 14.5. The lowest BCUT2D eigenvalue weighted by atomic mass is 9.77. The van der Waals surface area contributed by atoms with Gasteiger partial charge in [-0.25, -0.2) is 13.8 Å². The minimum absolute atomic E-state index is 0.0440. The highest BCUT2D eigenvalue weighted by Crippen LogP contribution is 2.44. The zero-order chi connectivity index (χ0) is 17.4. The average molecular weight is 346 g/mol. The molecule has 7 heteroatoms. The molecule has 25 heavy (non-hydrogen) atoms. The van der Waals surface area contributed by atoms with E-state index in [1.165, 1.54) is 18.5 Å². The van der Waals surface area contributed by atoms with Crippen LogP contribution in [0, 0.1) is 11.6 Å². The van der Waals surface area contributed by atoms with Crippen molar-refractivity contribution in [1.29, 1.82) is 0 Å². The van der Waals surface area contributed by atoms with Crippen molar-refractivity contribution in [2.24, 2.45) is 0 Å². The van der Waals surface area contributed by atoms with E-state index in [2.05, 4.69) is 15.2 Å². The van der Waals surface area contributed by atoms with Crippen molar-refractivity contribution in [2.45, 2.75) is 43.4 Å². The van der Waals surface area contributed by atoms with Crippen LogP contribution in [0.1, 0.15) is 49.4 Å². The van der Waals surface area contributed by atoms with E-state index < -0.39 is 17.0 Å². The van der Waals surface area contributed by atoms with E-state index in [9.17, 15) is 13.6 Å². The second-order valence-electron chi connectivity index (χ2n) is 7.02. The van der Waals surface area contributed by atoms with Crippen LogP contribution < -0.4 is 0 Å². The van der Waals surface area contributed by atoms with Gasteiger partial charge in [0.25, 0.3) is 0 Å². The van der Waals surface area contributed by atoms with Crippen LogP contribution in [0.25, 0.3) is 0 Å². The van der Waals surface area contributed by atoms with Crippen molar-refractivity contribution in [2.75, 3.05) is 13.1 Å². The number of nitrogens with one attached hydrogen (secondary N) is 1. The summed E-state index contributed by atoms with van der Waals surface area (Å²) < 4.78 is 27.8. The number of hydrogen-bond donors (Lipinski definition) is 1. The fourth-order valence-electron chi connectivity index (χ4n) is 4.34. The zero-order valence-electron chi connectivity index (χ0n) is 13.8. The van der Waals surface area contributed by atoms with E-state index in [0.717, 1.165) is 31.2 Å². The number of H-pyrrole nitrogens is 1. The number of aromatic nitrogens is 3. The van der Waals surface area contributed by atoms with Gasteiger partial charge in [0, 0.05) is 30.6 Å². The average Bonchev–Trinajstić information content (AvgIpc) is 3.34. The molecule has 1 saturated carbocycles. The molecule has 1 saturated heterocycles. The number of halogens is 2. The van der Waals surface area contributed by atoms with Crippen LogP contribution in [-0.2, 0) is 10.2 Å². The molecule has 1 aromatic heterocycles. The van der Waals surface area contributed by atoms with Crippen LogP contribution in [0.2, 0.25) is 0 Å². The first-order valence-corrected chi connectivity index (χ1v) is 8.70. The SMILES string of the molecule is O=C(N1CC[C@H](c2ncn[nH]2)C1)C1(c2ccc(F)cc2F)CCCC1. The highest BCUT2D eigenvalue weighted by atomic mass is 19.1. The number of hydrogen-bond acceptors (Lipinski definition) is 3. The van der Waals surface area contributed by atoms with Crippen LogP contribution >= 0.6 is 0 Å². The van der Waals surface area contributed by atoms with Crippen molar-refractivity contribution in [3.05, 3.63) is 47.5 Å². The molecule has 1 atom stereocenters. The molecule has 2 aliphatic rings. The first-order valence-electron chi connectivity index (χ1n) is 8.70. The molecule has 2 fully saturated rings. The van der Waals surface area contributed by atoms with E-state index in [0.29, 0.717) is 31.5 Å². The second-order valence-corrected chi connectivity index (χ2v) is 7.02. The van der Waals surface area contributed by atoms with Gasteiger partial charge in [-0.1, -0.05) is 18.9 Å². The molecule has 1 aliphatic heterocycles. The molecule has 1 aromatic carbocycles. The zero-order valence-corrected chi connectivity index (χ0v) is 13.8. The Morgan fingerprint density at radius 1 is 1.28 bits per heavy atom. The van der Waals surface area contributed by atoms with Crippen molar-refractivity contribution in [3.8, 4) is 0 Å². The van der Waals surface area contributed by atoms with E-state index in [-0.39, 0.29) is 11.8 Å². The van der Waals surface area contributed by atoms with Gasteiger partial charge in [-0.3, -0.25) is 9.89 Å². The molecule has 4 rings (SSSR count). The molecular formula is C18H20F2N4O. The van der Waals surface area contributed by atoms with Crippen LogP contribution in [0.4, 0.5) is 8.78 Å². The highest BCUT2D eigenvalue weighted by Gasteiger charge is 2.47. The Morgan fingerprint density at radius 3 is 2.76 bits per heavy atom. The molecule has 2 aromatic rings. The summed E-state index contributed by atoms with van der Waals surface area (Å²) in [6, 6.07) is 3.56. The molecular weight excluding hydrogens is 326 g/mol. The fourth-order valence-corrected chi connectivity index (χ4v) is 4.34. The van der Waals surface area contributed by atoms with Crippen molar-refractivity contribution < 1.29 is 13.6 Å². The Bertz CT molecular complexity index is 771. The molecule has 132 valence electrons. The topological polar surface area (TPSA) is 61.9 Å². The number of carbonyl (C=O) groups is 1. The maximum absolute atomic E-state index is 14.5. The Labute approximate surface area is 144 Å². The number of likely N-dealkylation sites (tertiary alicyclic amines) is 1. The number of aromatic amines is 1. The Balaban J connectivity index is 1.62.